The number of likely N-dealkylation sites (tertiary alicyclic amines) is 1. The lowest BCUT2D eigenvalue weighted by Crippen LogP contribution is -2.41. The number of carbonyl (C=O) groups is 1. The summed E-state index contributed by atoms with van der Waals surface area (Å²) in [6.07, 6.45) is 3.75. The van der Waals surface area contributed by atoms with Gasteiger partial charge in [-0.25, -0.2) is 0 Å². The molecule has 1 aliphatic heterocycles. The monoisotopic (exact) mass is 408 g/mol. The molecule has 0 radical (unpaired) electrons. The Morgan fingerprint density at radius 3 is 2.33 bits per heavy atom. The first kappa shape index (κ1) is 22.4. The Hall–Kier alpha value is -2.33. The van der Waals surface area contributed by atoms with Crippen molar-refractivity contribution in [3.8, 4) is 5.75 Å². The molecule has 0 bridgehead atoms. The van der Waals surface area contributed by atoms with Crippen LogP contribution in [0.15, 0.2) is 42.5 Å². The zero-order chi connectivity index (χ0) is 21.5. The third kappa shape index (κ3) is 5.85. The van der Waals surface area contributed by atoms with E-state index in [4.69, 9.17) is 4.74 Å². The van der Waals surface area contributed by atoms with Crippen molar-refractivity contribution >= 4 is 5.91 Å². The molecule has 0 saturated carbocycles. The molecule has 1 saturated heterocycles. The molecule has 4 heteroatoms. The molecule has 2 aromatic rings. The minimum absolute atomic E-state index is 0.0449. The summed E-state index contributed by atoms with van der Waals surface area (Å²) >= 11 is 0. The van der Waals surface area contributed by atoms with E-state index in [-0.39, 0.29) is 18.6 Å². The Kier molecular flexibility index (Phi) is 7.92. The molecule has 1 amide bonds. The van der Waals surface area contributed by atoms with Crippen LogP contribution in [0.5, 0.6) is 5.75 Å². The maximum absolute atomic E-state index is 12.5. The van der Waals surface area contributed by atoms with Crippen LogP contribution in [0.3, 0.4) is 0 Å². The molecular formula is C26H36N2O2. The van der Waals surface area contributed by atoms with Crippen molar-refractivity contribution in [3.05, 3.63) is 64.7 Å². The largest absolute Gasteiger partial charge is 0.483 e. The van der Waals surface area contributed by atoms with Crippen LogP contribution < -0.4 is 10.1 Å². The first-order valence-corrected chi connectivity index (χ1v) is 11.3. The molecule has 0 aromatic heterocycles. The van der Waals surface area contributed by atoms with Crippen molar-refractivity contribution in [3.63, 3.8) is 0 Å². The summed E-state index contributed by atoms with van der Waals surface area (Å²) in [6.45, 7) is 11.3. The lowest BCUT2D eigenvalue weighted by atomic mass is 9.97. The highest BCUT2D eigenvalue weighted by Gasteiger charge is 2.23. The highest BCUT2D eigenvalue weighted by Crippen LogP contribution is 2.26. The number of nitrogens with one attached hydrogen (secondary N) is 1. The molecule has 1 N–H and O–H groups in total. The number of ether oxygens (including phenoxy) is 1. The molecule has 0 unspecified atom stereocenters. The number of aryl methyl sites for hydroxylation is 1. The standard InChI is InChI=1S/C26H36N2O2/c1-19(2)22-11-13-23(14-12-22)24(28-15-6-5-7-16-28)17-27-26(29)18-30-25-10-8-9-20(3)21(25)4/h8-14,19,24H,5-7,15-18H2,1-4H3,(H,27,29)/t24-/m1/s1. The normalized spacial score (nSPS) is 15.8. The average molecular weight is 409 g/mol. The van der Waals surface area contributed by atoms with E-state index < -0.39 is 0 Å². The zero-order valence-electron chi connectivity index (χ0n) is 18.9. The lowest BCUT2D eigenvalue weighted by molar-refractivity contribution is -0.123. The van der Waals surface area contributed by atoms with Gasteiger partial charge < -0.3 is 10.1 Å². The van der Waals surface area contributed by atoms with Gasteiger partial charge in [-0.2, -0.15) is 0 Å². The van der Waals surface area contributed by atoms with Crippen LogP contribution in [0, 0.1) is 13.8 Å². The second-order valence-electron chi connectivity index (χ2n) is 8.72. The van der Waals surface area contributed by atoms with Gasteiger partial charge in [0, 0.05) is 6.54 Å². The summed E-state index contributed by atoms with van der Waals surface area (Å²) < 4.78 is 5.78. The van der Waals surface area contributed by atoms with Crippen LogP contribution in [-0.2, 0) is 4.79 Å². The van der Waals surface area contributed by atoms with Crippen LogP contribution in [0.1, 0.15) is 67.3 Å². The topological polar surface area (TPSA) is 41.6 Å². The van der Waals surface area contributed by atoms with Gasteiger partial charge >= 0.3 is 0 Å². The van der Waals surface area contributed by atoms with E-state index in [0.717, 1.165) is 24.4 Å². The van der Waals surface area contributed by atoms with Crippen molar-refractivity contribution < 1.29 is 9.53 Å². The fourth-order valence-electron chi connectivity index (χ4n) is 4.08. The number of hydrogen-bond acceptors (Lipinski definition) is 3. The quantitative estimate of drug-likeness (QED) is 0.657. The van der Waals surface area contributed by atoms with Gasteiger partial charge in [-0.3, -0.25) is 9.69 Å². The van der Waals surface area contributed by atoms with E-state index in [1.165, 1.54) is 36.0 Å². The molecule has 0 spiro atoms. The Bertz CT molecular complexity index is 823. The van der Waals surface area contributed by atoms with Crippen LogP contribution in [-0.4, -0.2) is 37.0 Å². The molecule has 3 rings (SSSR count). The highest BCUT2D eigenvalue weighted by molar-refractivity contribution is 5.77. The summed E-state index contributed by atoms with van der Waals surface area (Å²) in [4.78, 5) is 15.0. The third-order valence-corrected chi connectivity index (χ3v) is 6.23. The summed E-state index contributed by atoms with van der Waals surface area (Å²) in [7, 11) is 0. The molecule has 30 heavy (non-hydrogen) atoms. The number of hydrogen-bond donors (Lipinski definition) is 1. The first-order chi connectivity index (χ1) is 14.5. The minimum atomic E-state index is -0.0725. The molecule has 2 aromatic carbocycles. The highest BCUT2D eigenvalue weighted by atomic mass is 16.5. The average Bonchev–Trinajstić information content (AvgIpc) is 2.76. The van der Waals surface area contributed by atoms with Gasteiger partial charge in [0.1, 0.15) is 5.75 Å². The SMILES string of the molecule is Cc1cccc(OCC(=O)NC[C@H](c2ccc(C(C)C)cc2)N2CCCCC2)c1C. The molecular weight excluding hydrogens is 372 g/mol. The predicted octanol–water partition coefficient (Wildman–Crippen LogP) is 5.15. The molecule has 1 aliphatic rings. The zero-order valence-corrected chi connectivity index (χ0v) is 18.9. The van der Waals surface area contributed by atoms with Crippen LogP contribution in [0.2, 0.25) is 0 Å². The van der Waals surface area contributed by atoms with Gasteiger partial charge in [-0.1, -0.05) is 56.7 Å². The van der Waals surface area contributed by atoms with Crippen molar-refractivity contribution in [2.75, 3.05) is 26.2 Å². The Balaban J connectivity index is 1.62. The number of amides is 1. The third-order valence-electron chi connectivity index (χ3n) is 6.23. The van der Waals surface area contributed by atoms with E-state index in [0.29, 0.717) is 12.5 Å². The Labute approximate surface area is 181 Å². The fourth-order valence-corrected chi connectivity index (χ4v) is 4.08. The first-order valence-electron chi connectivity index (χ1n) is 11.3. The molecule has 1 fully saturated rings. The van der Waals surface area contributed by atoms with Crippen LogP contribution in [0.4, 0.5) is 0 Å². The minimum Gasteiger partial charge on any atom is -0.483 e. The summed E-state index contributed by atoms with van der Waals surface area (Å²) in [5, 5.41) is 3.11. The van der Waals surface area contributed by atoms with Gasteiger partial charge in [0.2, 0.25) is 0 Å². The molecule has 4 nitrogen and oxygen atoms in total. The molecule has 1 atom stereocenters. The summed E-state index contributed by atoms with van der Waals surface area (Å²) in [5.41, 5.74) is 4.88. The van der Waals surface area contributed by atoms with Crippen molar-refractivity contribution in [2.24, 2.45) is 0 Å². The van der Waals surface area contributed by atoms with E-state index in [1.807, 2.05) is 19.1 Å². The maximum Gasteiger partial charge on any atom is 0.258 e. The molecule has 162 valence electrons. The second-order valence-corrected chi connectivity index (χ2v) is 8.72. The molecule has 0 aliphatic carbocycles. The summed E-state index contributed by atoms with van der Waals surface area (Å²) in [6, 6.07) is 15.0. The number of carbonyl (C=O) groups excluding carboxylic acids is 1. The predicted molar refractivity (Wildman–Crippen MR) is 123 cm³/mol. The number of piperidine rings is 1. The van der Waals surface area contributed by atoms with Gasteiger partial charge in [0.05, 0.1) is 6.04 Å². The number of benzene rings is 2. The van der Waals surface area contributed by atoms with E-state index >= 15 is 0 Å². The van der Waals surface area contributed by atoms with E-state index in [2.05, 4.69) is 61.3 Å². The Morgan fingerprint density at radius 2 is 1.67 bits per heavy atom. The number of nitrogens with zero attached hydrogens (tertiary/aromatic N) is 1. The van der Waals surface area contributed by atoms with Crippen molar-refractivity contribution in [1.82, 2.24) is 10.2 Å². The smallest absolute Gasteiger partial charge is 0.258 e. The van der Waals surface area contributed by atoms with Crippen LogP contribution >= 0.6 is 0 Å². The lowest BCUT2D eigenvalue weighted by Gasteiger charge is -2.35. The van der Waals surface area contributed by atoms with Crippen LogP contribution in [0.25, 0.3) is 0 Å². The summed E-state index contributed by atoms with van der Waals surface area (Å²) in [5.74, 6) is 1.23. The van der Waals surface area contributed by atoms with Gasteiger partial charge in [0.25, 0.3) is 5.91 Å². The molecule has 1 heterocycles. The number of rotatable bonds is 8. The maximum atomic E-state index is 12.5. The fraction of sp³-hybridized carbons (Fsp3) is 0.500. The van der Waals surface area contributed by atoms with Gasteiger partial charge in [-0.15, -0.1) is 0 Å². The van der Waals surface area contributed by atoms with Gasteiger partial charge in [0.15, 0.2) is 6.61 Å². The Morgan fingerprint density at radius 1 is 1.00 bits per heavy atom. The second kappa shape index (κ2) is 10.6. The van der Waals surface area contributed by atoms with E-state index in [9.17, 15) is 4.79 Å². The van der Waals surface area contributed by atoms with Crippen molar-refractivity contribution in [2.45, 2.75) is 58.9 Å². The van der Waals surface area contributed by atoms with Gasteiger partial charge in [-0.05, 0) is 74.0 Å². The van der Waals surface area contributed by atoms with E-state index in [1.54, 1.807) is 0 Å². The van der Waals surface area contributed by atoms with Crippen molar-refractivity contribution in [1.29, 1.82) is 0 Å².